The lowest BCUT2D eigenvalue weighted by molar-refractivity contribution is -0.384. The van der Waals surface area contributed by atoms with E-state index in [1.165, 1.54) is 0 Å². The zero-order valence-electron chi connectivity index (χ0n) is 15.8. The number of non-ortho nitro benzene ring substituents is 1. The molecule has 3 rings (SSSR count). The summed E-state index contributed by atoms with van der Waals surface area (Å²) in [7, 11) is -3.82. The highest BCUT2D eigenvalue weighted by Crippen LogP contribution is 2.15. The second-order valence-corrected chi connectivity index (χ2v) is 8.05. The summed E-state index contributed by atoms with van der Waals surface area (Å²) in [6, 6.07) is 9.80. The number of benzene rings is 1. The maximum absolute atomic E-state index is 12.1. The monoisotopic (exact) mass is 432 g/mol. The van der Waals surface area contributed by atoms with Crippen molar-refractivity contribution in [3.05, 3.63) is 70.7 Å². The van der Waals surface area contributed by atoms with Gasteiger partial charge in [-0.2, -0.15) is 0 Å². The maximum atomic E-state index is 12.1. The number of hydrogen-bond donors (Lipinski definition) is 3. The van der Waals surface area contributed by atoms with Crippen molar-refractivity contribution in [1.29, 1.82) is 0 Å². The zero-order chi connectivity index (χ0) is 21.6. The van der Waals surface area contributed by atoms with E-state index in [-0.39, 0.29) is 23.7 Å². The Labute approximate surface area is 172 Å². The van der Waals surface area contributed by atoms with Crippen molar-refractivity contribution >= 4 is 27.4 Å². The van der Waals surface area contributed by atoms with Gasteiger partial charge < -0.3 is 15.0 Å². The van der Waals surface area contributed by atoms with E-state index in [0.717, 1.165) is 35.6 Å². The molecule has 12 heteroatoms. The maximum Gasteiger partial charge on any atom is 0.314 e. The number of pyridine rings is 1. The van der Waals surface area contributed by atoms with Crippen molar-refractivity contribution in [2.45, 2.75) is 11.3 Å². The van der Waals surface area contributed by atoms with Crippen molar-refractivity contribution in [1.82, 2.24) is 24.7 Å². The van der Waals surface area contributed by atoms with Crippen LogP contribution in [0.5, 0.6) is 0 Å². The molecule has 0 atom stereocenters. The minimum absolute atomic E-state index is 0.0286. The van der Waals surface area contributed by atoms with E-state index in [0.29, 0.717) is 13.0 Å². The predicted octanol–water partition coefficient (Wildman–Crippen LogP) is 1.06. The van der Waals surface area contributed by atoms with Crippen molar-refractivity contribution in [3.63, 3.8) is 0 Å². The molecule has 1 aromatic carbocycles. The van der Waals surface area contributed by atoms with Crippen LogP contribution in [0.3, 0.4) is 0 Å². The van der Waals surface area contributed by atoms with E-state index in [1.54, 1.807) is 0 Å². The standard InChI is InChI=1S/C18H20N6O5S/c25-18(19-9-8-14-13-23-12-2-1-3-17(23)22-14)20-10-11-21-30(28,29)16-6-4-15(5-7-16)24(26)27/h1-7,12-13,21H,8-11H2,(H2,19,20,25). The van der Waals surface area contributed by atoms with Gasteiger partial charge in [-0.1, -0.05) is 6.07 Å². The highest BCUT2D eigenvalue weighted by atomic mass is 32.2. The number of imidazole rings is 1. The van der Waals surface area contributed by atoms with Crippen molar-refractivity contribution in [2.75, 3.05) is 19.6 Å². The molecule has 2 amide bonds. The van der Waals surface area contributed by atoms with E-state index in [2.05, 4.69) is 20.3 Å². The quantitative estimate of drug-likeness (QED) is 0.262. The summed E-state index contributed by atoms with van der Waals surface area (Å²) in [5.41, 5.74) is 1.48. The number of aromatic nitrogens is 2. The smallest absolute Gasteiger partial charge is 0.314 e. The van der Waals surface area contributed by atoms with Crippen LogP contribution in [0.4, 0.5) is 10.5 Å². The largest absolute Gasteiger partial charge is 0.338 e. The van der Waals surface area contributed by atoms with Gasteiger partial charge in [0, 0.05) is 50.6 Å². The molecule has 0 radical (unpaired) electrons. The van der Waals surface area contributed by atoms with Gasteiger partial charge in [0.2, 0.25) is 10.0 Å². The number of amides is 2. The number of hydrogen-bond acceptors (Lipinski definition) is 6. The van der Waals surface area contributed by atoms with E-state index in [9.17, 15) is 23.3 Å². The molecule has 0 saturated carbocycles. The molecule has 2 aromatic heterocycles. The Kier molecular flexibility index (Phi) is 6.59. The van der Waals surface area contributed by atoms with Gasteiger partial charge in [-0.15, -0.1) is 0 Å². The first kappa shape index (κ1) is 21.2. The fourth-order valence-corrected chi connectivity index (χ4v) is 3.70. The Morgan fingerprint density at radius 2 is 1.80 bits per heavy atom. The Hall–Kier alpha value is -3.51. The van der Waals surface area contributed by atoms with Crippen LogP contribution < -0.4 is 15.4 Å². The summed E-state index contributed by atoms with van der Waals surface area (Å²) >= 11 is 0. The molecule has 0 spiro atoms. The van der Waals surface area contributed by atoms with E-state index >= 15 is 0 Å². The molecule has 0 aliphatic carbocycles. The molecule has 0 saturated heterocycles. The topological polar surface area (TPSA) is 148 Å². The van der Waals surface area contributed by atoms with Crippen LogP contribution >= 0.6 is 0 Å². The van der Waals surface area contributed by atoms with Gasteiger partial charge in [0.25, 0.3) is 5.69 Å². The lowest BCUT2D eigenvalue weighted by atomic mass is 10.3. The highest BCUT2D eigenvalue weighted by molar-refractivity contribution is 7.89. The number of nitro groups is 1. The SMILES string of the molecule is O=C(NCCNS(=O)(=O)c1ccc([N+](=O)[O-])cc1)NCCc1cn2ccccc2n1. The van der Waals surface area contributed by atoms with Crippen molar-refractivity contribution in [2.24, 2.45) is 0 Å². The lowest BCUT2D eigenvalue weighted by Crippen LogP contribution is -2.40. The lowest BCUT2D eigenvalue weighted by Gasteiger charge is -2.09. The van der Waals surface area contributed by atoms with Gasteiger partial charge in [0.05, 0.1) is 15.5 Å². The van der Waals surface area contributed by atoms with Crippen molar-refractivity contribution in [3.8, 4) is 0 Å². The van der Waals surface area contributed by atoms with Crippen LogP contribution in [0.15, 0.2) is 59.8 Å². The molecule has 0 aliphatic heterocycles. The second-order valence-electron chi connectivity index (χ2n) is 6.28. The average Bonchev–Trinajstić information content (AvgIpc) is 3.14. The number of sulfonamides is 1. The Morgan fingerprint density at radius 1 is 1.07 bits per heavy atom. The van der Waals surface area contributed by atoms with Gasteiger partial charge in [0.15, 0.2) is 0 Å². The predicted molar refractivity (Wildman–Crippen MR) is 109 cm³/mol. The number of carbonyl (C=O) groups excluding carboxylic acids is 1. The van der Waals surface area contributed by atoms with Crippen LogP contribution in [-0.4, -0.2) is 48.4 Å². The number of urea groups is 1. The first-order valence-corrected chi connectivity index (χ1v) is 10.5. The molecule has 11 nitrogen and oxygen atoms in total. The fourth-order valence-electron chi connectivity index (χ4n) is 2.67. The number of nitrogens with one attached hydrogen (secondary N) is 3. The van der Waals surface area contributed by atoms with Crippen LogP contribution in [-0.2, 0) is 16.4 Å². The molecule has 0 fully saturated rings. The molecule has 0 aliphatic rings. The van der Waals surface area contributed by atoms with Crippen molar-refractivity contribution < 1.29 is 18.1 Å². The number of carbonyl (C=O) groups is 1. The normalized spacial score (nSPS) is 11.3. The van der Waals surface area contributed by atoms with E-state index in [1.807, 2.05) is 35.0 Å². The summed E-state index contributed by atoms with van der Waals surface area (Å²) in [6.07, 6.45) is 4.34. The minimum atomic E-state index is -3.82. The molecule has 3 aromatic rings. The molecular weight excluding hydrogens is 412 g/mol. The first-order chi connectivity index (χ1) is 14.3. The Bertz CT molecular complexity index is 1110. The zero-order valence-corrected chi connectivity index (χ0v) is 16.6. The number of nitrogens with zero attached hydrogens (tertiary/aromatic N) is 3. The number of fused-ring (bicyclic) bond motifs is 1. The summed E-state index contributed by atoms with van der Waals surface area (Å²) in [5, 5.41) is 15.9. The summed E-state index contributed by atoms with van der Waals surface area (Å²) in [4.78, 5) is 26.2. The third kappa shape index (κ3) is 5.52. The van der Waals surface area contributed by atoms with Crippen LogP contribution in [0, 0.1) is 10.1 Å². The number of rotatable bonds is 9. The van der Waals surface area contributed by atoms with Gasteiger partial charge in [0.1, 0.15) is 5.65 Å². The summed E-state index contributed by atoms with van der Waals surface area (Å²) in [6.45, 7) is 0.426. The molecule has 3 N–H and O–H groups in total. The van der Waals surface area contributed by atoms with Gasteiger partial charge >= 0.3 is 6.03 Å². The summed E-state index contributed by atoms with van der Waals surface area (Å²) < 4.78 is 28.5. The average molecular weight is 432 g/mol. The summed E-state index contributed by atoms with van der Waals surface area (Å²) in [5.74, 6) is 0. The Balaban J connectivity index is 1.37. The fraction of sp³-hybridized carbons (Fsp3) is 0.222. The van der Waals surface area contributed by atoms with Gasteiger partial charge in [-0.05, 0) is 24.3 Å². The molecule has 0 bridgehead atoms. The highest BCUT2D eigenvalue weighted by Gasteiger charge is 2.15. The third-order valence-corrected chi connectivity index (χ3v) is 5.62. The van der Waals surface area contributed by atoms with E-state index < -0.39 is 21.0 Å². The molecular formula is C18H20N6O5S. The first-order valence-electron chi connectivity index (χ1n) is 9.03. The van der Waals surface area contributed by atoms with Crippen LogP contribution in [0.1, 0.15) is 5.69 Å². The number of nitro benzene ring substituents is 1. The second kappa shape index (κ2) is 9.33. The Morgan fingerprint density at radius 3 is 2.50 bits per heavy atom. The minimum Gasteiger partial charge on any atom is -0.338 e. The van der Waals surface area contributed by atoms with Gasteiger partial charge in [-0.3, -0.25) is 10.1 Å². The van der Waals surface area contributed by atoms with E-state index in [4.69, 9.17) is 0 Å². The molecule has 158 valence electrons. The van der Waals surface area contributed by atoms with Crippen LogP contribution in [0.2, 0.25) is 0 Å². The van der Waals surface area contributed by atoms with Crippen LogP contribution in [0.25, 0.3) is 5.65 Å². The molecule has 0 unspecified atom stereocenters. The molecule has 2 heterocycles. The third-order valence-electron chi connectivity index (χ3n) is 4.14. The molecule has 30 heavy (non-hydrogen) atoms. The van der Waals surface area contributed by atoms with Gasteiger partial charge in [-0.25, -0.2) is 22.9 Å².